The minimum absolute atomic E-state index is 0.483. The van der Waals surface area contributed by atoms with E-state index in [-0.39, 0.29) is 0 Å². The zero-order valence-electron chi connectivity index (χ0n) is 9.59. The molecule has 1 nitrogen and oxygen atoms in total. The van der Waals surface area contributed by atoms with Crippen LogP contribution in [0.25, 0.3) is 0 Å². The van der Waals surface area contributed by atoms with E-state index in [1.54, 1.807) is 0 Å². The lowest BCUT2D eigenvalue weighted by Crippen LogP contribution is -1.95. The normalized spacial score (nSPS) is 10.9. The molecule has 0 radical (unpaired) electrons. The predicted octanol–water partition coefficient (Wildman–Crippen LogP) is 3.78. The molecule has 0 fully saturated rings. The Morgan fingerprint density at radius 3 is 2.43 bits per heavy atom. The summed E-state index contributed by atoms with van der Waals surface area (Å²) in [4.78, 5) is 0. The van der Waals surface area contributed by atoms with E-state index in [1.165, 1.54) is 5.56 Å². The van der Waals surface area contributed by atoms with Crippen LogP contribution in [-0.2, 0) is 6.42 Å². The molecule has 0 aliphatic rings. The highest BCUT2D eigenvalue weighted by Gasteiger charge is 2.10. The first-order chi connectivity index (χ1) is 6.57. The Hall–Kier alpha value is -0.980. The molecule has 0 amide bonds. The summed E-state index contributed by atoms with van der Waals surface area (Å²) in [6.07, 6.45) is 2.04. The number of phenolic OH excluding ortho intramolecular Hbond substituents is 1. The fraction of sp³-hybridized carbons (Fsp3) is 0.538. The number of aromatic hydroxyl groups is 1. The van der Waals surface area contributed by atoms with Crippen LogP contribution in [0, 0.1) is 6.92 Å². The molecule has 0 atom stereocenters. The molecule has 1 aromatic carbocycles. The number of rotatable bonds is 3. The van der Waals surface area contributed by atoms with E-state index in [1.807, 2.05) is 6.92 Å². The van der Waals surface area contributed by atoms with Crippen molar-refractivity contribution in [2.45, 2.75) is 46.5 Å². The van der Waals surface area contributed by atoms with Crippen LogP contribution in [-0.4, -0.2) is 5.11 Å². The van der Waals surface area contributed by atoms with E-state index in [0.717, 1.165) is 24.0 Å². The van der Waals surface area contributed by atoms with Gasteiger partial charge in [0.15, 0.2) is 0 Å². The Bertz CT molecular complexity index is 313. The number of aryl methyl sites for hydroxylation is 1. The largest absolute Gasteiger partial charge is 0.507 e. The van der Waals surface area contributed by atoms with Gasteiger partial charge in [-0.25, -0.2) is 0 Å². The first-order valence-corrected chi connectivity index (χ1v) is 5.39. The summed E-state index contributed by atoms with van der Waals surface area (Å²) in [5.41, 5.74) is 3.38. The molecule has 0 spiro atoms. The van der Waals surface area contributed by atoms with E-state index >= 15 is 0 Å². The zero-order valence-corrected chi connectivity index (χ0v) is 9.59. The van der Waals surface area contributed by atoms with Crippen LogP contribution in [0.4, 0.5) is 0 Å². The molecular formula is C13H20O. The van der Waals surface area contributed by atoms with Crippen LogP contribution in [0.2, 0.25) is 0 Å². The number of hydrogen-bond donors (Lipinski definition) is 1. The second-order valence-corrected chi connectivity index (χ2v) is 4.19. The number of hydrogen-bond acceptors (Lipinski definition) is 1. The quantitative estimate of drug-likeness (QED) is 0.772. The van der Waals surface area contributed by atoms with Crippen molar-refractivity contribution in [1.82, 2.24) is 0 Å². The summed E-state index contributed by atoms with van der Waals surface area (Å²) < 4.78 is 0. The van der Waals surface area contributed by atoms with Gasteiger partial charge < -0.3 is 5.11 Å². The molecular weight excluding hydrogens is 172 g/mol. The molecule has 78 valence electrons. The van der Waals surface area contributed by atoms with Crippen molar-refractivity contribution in [3.8, 4) is 5.75 Å². The summed E-state index contributed by atoms with van der Waals surface area (Å²) in [6.45, 7) is 8.44. The van der Waals surface area contributed by atoms with Crippen molar-refractivity contribution >= 4 is 0 Å². The van der Waals surface area contributed by atoms with Crippen LogP contribution < -0.4 is 0 Å². The molecule has 1 aromatic rings. The van der Waals surface area contributed by atoms with Crippen molar-refractivity contribution in [3.05, 3.63) is 28.8 Å². The molecule has 0 saturated carbocycles. The molecule has 1 rings (SSSR count). The van der Waals surface area contributed by atoms with Gasteiger partial charge in [0.05, 0.1) is 0 Å². The number of phenols is 1. The average Bonchev–Trinajstić information content (AvgIpc) is 2.13. The first-order valence-electron chi connectivity index (χ1n) is 5.39. The van der Waals surface area contributed by atoms with Crippen LogP contribution in [0.3, 0.4) is 0 Å². The molecule has 0 saturated heterocycles. The molecule has 0 unspecified atom stereocenters. The van der Waals surface area contributed by atoms with Gasteiger partial charge >= 0.3 is 0 Å². The third-order valence-electron chi connectivity index (χ3n) is 2.70. The minimum Gasteiger partial charge on any atom is -0.507 e. The second kappa shape index (κ2) is 4.50. The standard InChI is InChI=1S/C13H20O/c1-5-6-11-7-8-12(9(2)3)10(4)13(11)14/h7-9,14H,5-6H2,1-4H3. The predicted molar refractivity (Wildman–Crippen MR) is 60.9 cm³/mol. The minimum atomic E-state index is 0.483. The maximum absolute atomic E-state index is 9.96. The third-order valence-corrected chi connectivity index (χ3v) is 2.70. The van der Waals surface area contributed by atoms with Gasteiger partial charge in [0, 0.05) is 0 Å². The highest BCUT2D eigenvalue weighted by atomic mass is 16.3. The van der Waals surface area contributed by atoms with Gasteiger partial charge in [-0.1, -0.05) is 39.3 Å². The lowest BCUT2D eigenvalue weighted by atomic mass is 9.94. The van der Waals surface area contributed by atoms with Crippen molar-refractivity contribution in [1.29, 1.82) is 0 Å². The number of benzene rings is 1. The monoisotopic (exact) mass is 192 g/mol. The Balaban J connectivity index is 3.12. The molecule has 0 bridgehead atoms. The van der Waals surface area contributed by atoms with Gasteiger partial charge in [-0.15, -0.1) is 0 Å². The van der Waals surface area contributed by atoms with Crippen LogP contribution in [0.15, 0.2) is 12.1 Å². The highest BCUT2D eigenvalue weighted by molar-refractivity contribution is 5.45. The van der Waals surface area contributed by atoms with Crippen molar-refractivity contribution in [2.75, 3.05) is 0 Å². The maximum atomic E-state index is 9.96. The molecule has 0 heterocycles. The van der Waals surface area contributed by atoms with Crippen LogP contribution in [0.1, 0.15) is 49.8 Å². The SMILES string of the molecule is CCCc1ccc(C(C)C)c(C)c1O. The summed E-state index contributed by atoms with van der Waals surface area (Å²) in [7, 11) is 0. The van der Waals surface area contributed by atoms with E-state index in [4.69, 9.17) is 0 Å². The van der Waals surface area contributed by atoms with Gasteiger partial charge in [-0.05, 0) is 36.0 Å². The summed E-state index contributed by atoms with van der Waals surface area (Å²) in [6, 6.07) is 4.20. The van der Waals surface area contributed by atoms with Crippen molar-refractivity contribution < 1.29 is 5.11 Å². The van der Waals surface area contributed by atoms with E-state index in [9.17, 15) is 5.11 Å². The Morgan fingerprint density at radius 1 is 1.29 bits per heavy atom. The second-order valence-electron chi connectivity index (χ2n) is 4.19. The summed E-state index contributed by atoms with van der Waals surface area (Å²) in [5, 5.41) is 9.96. The average molecular weight is 192 g/mol. The topological polar surface area (TPSA) is 20.2 Å². The Morgan fingerprint density at radius 2 is 1.93 bits per heavy atom. The summed E-state index contributed by atoms with van der Waals surface area (Å²) >= 11 is 0. The van der Waals surface area contributed by atoms with E-state index < -0.39 is 0 Å². The van der Waals surface area contributed by atoms with Gasteiger partial charge in [-0.3, -0.25) is 0 Å². The fourth-order valence-electron chi connectivity index (χ4n) is 1.87. The molecule has 1 N–H and O–H groups in total. The van der Waals surface area contributed by atoms with Crippen LogP contribution in [0.5, 0.6) is 5.75 Å². The molecule has 14 heavy (non-hydrogen) atoms. The molecule has 0 aliphatic heterocycles. The maximum Gasteiger partial charge on any atom is 0.121 e. The lowest BCUT2D eigenvalue weighted by Gasteiger charge is -2.13. The molecule has 1 heteroatoms. The van der Waals surface area contributed by atoms with Crippen LogP contribution >= 0.6 is 0 Å². The van der Waals surface area contributed by atoms with Crippen molar-refractivity contribution in [2.24, 2.45) is 0 Å². The van der Waals surface area contributed by atoms with E-state index in [0.29, 0.717) is 11.7 Å². The third kappa shape index (κ3) is 2.09. The highest BCUT2D eigenvalue weighted by Crippen LogP contribution is 2.30. The van der Waals surface area contributed by atoms with Gasteiger partial charge in [0.2, 0.25) is 0 Å². The van der Waals surface area contributed by atoms with Gasteiger partial charge in [0.25, 0.3) is 0 Å². The van der Waals surface area contributed by atoms with Gasteiger partial charge in [-0.2, -0.15) is 0 Å². The zero-order chi connectivity index (χ0) is 10.7. The summed E-state index contributed by atoms with van der Waals surface area (Å²) in [5.74, 6) is 0.981. The fourth-order valence-corrected chi connectivity index (χ4v) is 1.87. The van der Waals surface area contributed by atoms with Crippen molar-refractivity contribution in [3.63, 3.8) is 0 Å². The van der Waals surface area contributed by atoms with E-state index in [2.05, 4.69) is 32.9 Å². The Labute approximate surface area is 86.8 Å². The first kappa shape index (κ1) is 11.1. The van der Waals surface area contributed by atoms with Gasteiger partial charge in [0.1, 0.15) is 5.75 Å². The molecule has 0 aromatic heterocycles. The molecule has 0 aliphatic carbocycles. The lowest BCUT2D eigenvalue weighted by molar-refractivity contribution is 0.462. The Kier molecular flexibility index (Phi) is 3.56. The smallest absolute Gasteiger partial charge is 0.121 e.